The molecule has 0 aliphatic carbocycles. The summed E-state index contributed by atoms with van der Waals surface area (Å²) in [5.41, 5.74) is 0.650. The molecule has 0 saturated heterocycles. The van der Waals surface area contributed by atoms with E-state index in [2.05, 4.69) is 38.2 Å². The van der Waals surface area contributed by atoms with Gasteiger partial charge in [0.25, 0.3) is 5.56 Å². The molecule has 1 heterocycles. The molecular formula is C20H31N4O2S+. The fraction of sp³-hybridized carbons (Fsp3) is 0.550. The monoisotopic (exact) mass is 391 g/mol. The van der Waals surface area contributed by atoms with Crippen molar-refractivity contribution in [3.63, 3.8) is 0 Å². The van der Waals surface area contributed by atoms with Crippen LogP contribution in [0.1, 0.15) is 33.1 Å². The van der Waals surface area contributed by atoms with Crippen molar-refractivity contribution in [2.45, 2.75) is 50.9 Å². The molecule has 0 radical (unpaired) electrons. The number of hydrogen-bond acceptors (Lipinski definition) is 4. The molecule has 0 aliphatic heterocycles. The van der Waals surface area contributed by atoms with E-state index in [1.54, 1.807) is 4.57 Å². The van der Waals surface area contributed by atoms with E-state index in [1.807, 2.05) is 24.3 Å². The van der Waals surface area contributed by atoms with Gasteiger partial charge in [-0.05, 0) is 25.0 Å². The first kappa shape index (κ1) is 21.4. The maximum atomic E-state index is 12.9. The van der Waals surface area contributed by atoms with E-state index in [-0.39, 0.29) is 23.3 Å². The van der Waals surface area contributed by atoms with Crippen molar-refractivity contribution in [3.05, 3.63) is 34.6 Å². The molecule has 2 rings (SSSR count). The number of aromatic nitrogens is 2. The predicted octanol–water partition coefficient (Wildman–Crippen LogP) is 1.33. The van der Waals surface area contributed by atoms with Gasteiger partial charge in [0.15, 0.2) is 5.16 Å². The summed E-state index contributed by atoms with van der Waals surface area (Å²) >= 11 is 1.34. The highest BCUT2D eigenvalue weighted by Crippen LogP contribution is 2.18. The zero-order valence-electron chi connectivity index (χ0n) is 16.7. The van der Waals surface area contributed by atoms with Crippen LogP contribution < -0.4 is 15.8 Å². The molecule has 0 saturated carbocycles. The summed E-state index contributed by atoms with van der Waals surface area (Å²) in [5.74, 6) is 0.251. The van der Waals surface area contributed by atoms with Crippen molar-refractivity contribution in [2.75, 3.05) is 26.4 Å². The molecule has 27 heavy (non-hydrogen) atoms. The zero-order chi connectivity index (χ0) is 19.8. The number of rotatable bonds is 10. The number of para-hydroxylation sites is 1. The largest absolute Gasteiger partial charge is 0.353 e. The van der Waals surface area contributed by atoms with E-state index in [0.717, 1.165) is 25.8 Å². The fourth-order valence-corrected chi connectivity index (χ4v) is 3.77. The Balaban J connectivity index is 2.22. The van der Waals surface area contributed by atoms with Gasteiger partial charge in [0.2, 0.25) is 5.91 Å². The number of thioether (sulfide) groups is 1. The van der Waals surface area contributed by atoms with Gasteiger partial charge in [-0.25, -0.2) is 4.98 Å². The van der Waals surface area contributed by atoms with Crippen molar-refractivity contribution in [3.8, 4) is 0 Å². The molecule has 0 aliphatic rings. The minimum absolute atomic E-state index is 0.0135. The molecule has 148 valence electrons. The third-order valence-electron chi connectivity index (χ3n) is 4.57. The minimum Gasteiger partial charge on any atom is -0.353 e. The van der Waals surface area contributed by atoms with Crippen molar-refractivity contribution in [1.82, 2.24) is 14.9 Å². The average Bonchev–Trinajstić information content (AvgIpc) is 2.66. The summed E-state index contributed by atoms with van der Waals surface area (Å²) in [6.07, 6.45) is 2.72. The number of carbonyl (C=O) groups is 1. The molecule has 0 atom stereocenters. The van der Waals surface area contributed by atoms with Crippen LogP contribution in [0.25, 0.3) is 10.9 Å². The molecule has 0 unspecified atom stereocenters. The predicted molar refractivity (Wildman–Crippen MR) is 112 cm³/mol. The third-order valence-corrected chi connectivity index (χ3v) is 5.54. The van der Waals surface area contributed by atoms with Crippen LogP contribution in [-0.2, 0) is 11.3 Å². The first-order valence-corrected chi connectivity index (χ1v) is 10.7. The lowest BCUT2D eigenvalue weighted by molar-refractivity contribution is -0.858. The van der Waals surface area contributed by atoms with Crippen LogP contribution in [0.3, 0.4) is 0 Å². The Bertz CT molecular complexity index is 815. The van der Waals surface area contributed by atoms with Gasteiger partial charge in [-0.15, -0.1) is 0 Å². The van der Waals surface area contributed by atoms with E-state index in [9.17, 15) is 9.59 Å². The summed E-state index contributed by atoms with van der Waals surface area (Å²) in [5, 5.41) is 4.28. The summed E-state index contributed by atoms with van der Waals surface area (Å²) in [6.45, 7) is 5.71. The SMILES string of the molecule is CCC(CC)NC(=O)CSc1nc2ccccc2c(=O)n1CCC[NH+](C)C. The molecule has 1 amide bonds. The molecule has 2 N–H and O–H groups in total. The Hall–Kier alpha value is -1.86. The molecular weight excluding hydrogens is 360 g/mol. The number of carbonyl (C=O) groups excluding carboxylic acids is 1. The lowest BCUT2D eigenvalue weighted by Gasteiger charge is -2.16. The Morgan fingerprint density at radius 1 is 1.26 bits per heavy atom. The Kier molecular flexibility index (Phi) is 8.31. The number of nitrogens with one attached hydrogen (secondary N) is 2. The van der Waals surface area contributed by atoms with Crippen molar-refractivity contribution in [1.29, 1.82) is 0 Å². The third kappa shape index (κ3) is 6.07. The van der Waals surface area contributed by atoms with E-state index in [4.69, 9.17) is 0 Å². The maximum Gasteiger partial charge on any atom is 0.262 e. The Labute approximate surface area is 165 Å². The molecule has 1 aromatic heterocycles. The van der Waals surface area contributed by atoms with Gasteiger partial charge in [-0.2, -0.15) is 0 Å². The first-order valence-electron chi connectivity index (χ1n) is 9.67. The van der Waals surface area contributed by atoms with E-state index in [0.29, 0.717) is 22.6 Å². The van der Waals surface area contributed by atoms with Crippen LogP contribution in [0.5, 0.6) is 0 Å². The summed E-state index contributed by atoms with van der Waals surface area (Å²) in [7, 11) is 4.19. The highest BCUT2D eigenvalue weighted by Gasteiger charge is 2.14. The molecule has 2 aromatic rings. The molecule has 7 heteroatoms. The van der Waals surface area contributed by atoms with Crippen LogP contribution in [0.4, 0.5) is 0 Å². The molecule has 1 aromatic carbocycles. The average molecular weight is 392 g/mol. The van der Waals surface area contributed by atoms with Gasteiger partial charge >= 0.3 is 0 Å². The molecule has 6 nitrogen and oxygen atoms in total. The first-order chi connectivity index (χ1) is 13.0. The number of hydrogen-bond donors (Lipinski definition) is 2. The van der Waals surface area contributed by atoms with Crippen LogP contribution in [0.2, 0.25) is 0 Å². The Morgan fingerprint density at radius 3 is 2.63 bits per heavy atom. The number of benzene rings is 1. The Morgan fingerprint density at radius 2 is 1.96 bits per heavy atom. The van der Waals surface area contributed by atoms with E-state index >= 15 is 0 Å². The van der Waals surface area contributed by atoms with Crippen LogP contribution in [-0.4, -0.2) is 47.9 Å². The lowest BCUT2D eigenvalue weighted by atomic mass is 10.2. The topological polar surface area (TPSA) is 68.4 Å². The lowest BCUT2D eigenvalue weighted by Crippen LogP contribution is -3.05. The second-order valence-electron chi connectivity index (χ2n) is 7.05. The number of fused-ring (bicyclic) bond motifs is 1. The van der Waals surface area contributed by atoms with E-state index < -0.39 is 0 Å². The highest BCUT2D eigenvalue weighted by molar-refractivity contribution is 7.99. The second-order valence-corrected chi connectivity index (χ2v) is 7.99. The van der Waals surface area contributed by atoms with Gasteiger partial charge < -0.3 is 10.2 Å². The van der Waals surface area contributed by atoms with Crippen LogP contribution >= 0.6 is 11.8 Å². The second kappa shape index (κ2) is 10.5. The van der Waals surface area contributed by atoms with Crippen LogP contribution in [0.15, 0.2) is 34.2 Å². The molecule has 0 bridgehead atoms. The summed E-state index contributed by atoms with van der Waals surface area (Å²) in [4.78, 5) is 31.2. The maximum absolute atomic E-state index is 12.9. The van der Waals surface area contributed by atoms with Gasteiger partial charge in [0.1, 0.15) is 0 Å². The fourth-order valence-electron chi connectivity index (χ4n) is 2.94. The minimum atomic E-state index is -0.0303. The molecule has 0 fully saturated rings. The smallest absolute Gasteiger partial charge is 0.262 e. The molecule has 0 spiro atoms. The standard InChI is InChI=1S/C20H30N4O2S/c1-5-15(6-2)21-18(25)14-27-20-22-17-11-8-7-10-16(17)19(26)24(20)13-9-12-23(3)4/h7-8,10-11,15H,5-6,9,12-14H2,1-4H3,(H,21,25)/p+1. The highest BCUT2D eigenvalue weighted by atomic mass is 32.2. The van der Waals surface area contributed by atoms with Gasteiger partial charge in [0.05, 0.1) is 37.3 Å². The van der Waals surface area contributed by atoms with E-state index in [1.165, 1.54) is 16.7 Å². The van der Waals surface area contributed by atoms with Crippen molar-refractivity contribution in [2.24, 2.45) is 0 Å². The normalized spacial score (nSPS) is 11.5. The van der Waals surface area contributed by atoms with Gasteiger partial charge in [-0.3, -0.25) is 14.2 Å². The van der Waals surface area contributed by atoms with Gasteiger partial charge in [-0.1, -0.05) is 37.7 Å². The van der Waals surface area contributed by atoms with Gasteiger partial charge in [0, 0.05) is 19.0 Å². The van der Waals surface area contributed by atoms with Crippen molar-refractivity contribution < 1.29 is 9.69 Å². The van der Waals surface area contributed by atoms with Crippen LogP contribution in [0, 0.1) is 0 Å². The zero-order valence-corrected chi connectivity index (χ0v) is 17.6. The quantitative estimate of drug-likeness (QED) is 0.474. The number of nitrogens with zero attached hydrogens (tertiary/aromatic N) is 2. The number of quaternary nitrogens is 1. The summed E-state index contributed by atoms with van der Waals surface area (Å²) in [6, 6.07) is 7.60. The summed E-state index contributed by atoms with van der Waals surface area (Å²) < 4.78 is 1.72. The number of amides is 1. The van der Waals surface area contributed by atoms with Crippen molar-refractivity contribution >= 4 is 28.6 Å².